The molecule has 0 bridgehead atoms. The van der Waals surface area contributed by atoms with Gasteiger partial charge in [0, 0.05) is 24.4 Å². The molecule has 1 heterocycles. The largest absolute Gasteiger partial charge is 0.420 e. The van der Waals surface area contributed by atoms with Crippen LogP contribution in [0.2, 0.25) is 0 Å². The third kappa shape index (κ3) is 4.44. The van der Waals surface area contributed by atoms with Gasteiger partial charge in [0.25, 0.3) is 5.79 Å². The standard InChI is InChI=1S/C16H19NO6S/c1-3-16(23-24(19,20)21,14-9-7-8-13(2)12-14)22-15(18)17-10-5-4-6-11-17/h5-12H,3-4H2,1-2H3,(H,19,20,21). The van der Waals surface area contributed by atoms with Crippen LogP contribution in [0.5, 0.6) is 0 Å². The lowest BCUT2D eigenvalue weighted by Gasteiger charge is -2.32. The van der Waals surface area contributed by atoms with Crippen LogP contribution in [0.1, 0.15) is 30.9 Å². The molecule has 1 aromatic carbocycles. The molecule has 8 heteroatoms. The maximum Gasteiger partial charge on any atom is 0.420 e. The minimum absolute atomic E-state index is 0.0246. The highest BCUT2D eigenvalue weighted by Crippen LogP contribution is 2.34. The van der Waals surface area contributed by atoms with Gasteiger partial charge in [0.15, 0.2) is 0 Å². The zero-order valence-electron chi connectivity index (χ0n) is 13.4. The minimum atomic E-state index is -4.86. The molecule has 2 rings (SSSR count). The molecule has 1 N–H and O–H groups in total. The normalized spacial score (nSPS) is 16.7. The van der Waals surface area contributed by atoms with Crippen molar-refractivity contribution in [3.8, 4) is 0 Å². The zero-order valence-corrected chi connectivity index (χ0v) is 14.2. The molecule has 1 aromatic rings. The number of carbonyl (C=O) groups excluding carboxylic acids is 1. The van der Waals surface area contributed by atoms with Gasteiger partial charge in [-0.15, -0.1) is 0 Å². The monoisotopic (exact) mass is 353 g/mol. The summed E-state index contributed by atoms with van der Waals surface area (Å²) in [5, 5.41) is 0. The van der Waals surface area contributed by atoms with E-state index < -0.39 is 22.3 Å². The van der Waals surface area contributed by atoms with Crippen molar-refractivity contribution in [1.82, 2.24) is 4.90 Å². The van der Waals surface area contributed by atoms with Crippen molar-refractivity contribution in [3.63, 3.8) is 0 Å². The summed E-state index contributed by atoms with van der Waals surface area (Å²) in [4.78, 5) is 13.5. The number of hydrogen-bond acceptors (Lipinski definition) is 5. The van der Waals surface area contributed by atoms with E-state index in [-0.39, 0.29) is 6.42 Å². The number of allylic oxidation sites excluding steroid dienone is 2. The van der Waals surface area contributed by atoms with Crippen LogP contribution in [0.15, 0.2) is 48.8 Å². The molecule has 130 valence electrons. The van der Waals surface area contributed by atoms with Crippen LogP contribution in [0.4, 0.5) is 4.79 Å². The maximum absolute atomic E-state index is 12.4. The second-order valence-corrected chi connectivity index (χ2v) is 6.29. The Morgan fingerprint density at radius 3 is 2.54 bits per heavy atom. The summed E-state index contributed by atoms with van der Waals surface area (Å²) in [5.41, 5.74) is 1.12. The summed E-state index contributed by atoms with van der Waals surface area (Å²) in [5.74, 6) is -1.96. The molecule has 0 aliphatic carbocycles. The van der Waals surface area contributed by atoms with Gasteiger partial charge in [-0.2, -0.15) is 12.6 Å². The first kappa shape index (κ1) is 18.2. The third-order valence-corrected chi connectivity index (χ3v) is 3.91. The Labute approximate surface area is 141 Å². The van der Waals surface area contributed by atoms with E-state index in [0.717, 1.165) is 10.5 Å². The van der Waals surface area contributed by atoms with Crippen molar-refractivity contribution in [2.24, 2.45) is 0 Å². The first-order valence-electron chi connectivity index (χ1n) is 7.35. The zero-order chi connectivity index (χ0) is 17.8. The van der Waals surface area contributed by atoms with Gasteiger partial charge in [-0.3, -0.25) is 9.45 Å². The van der Waals surface area contributed by atoms with Gasteiger partial charge in [-0.1, -0.05) is 42.8 Å². The van der Waals surface area contributed by atoms with Crippen LogP contribution in [0.3, 0.4) is 0 Å². The molecule has 1 aliphatic heterocycles. The summed E-state index contributed by atoms with van der Waals surface area (Å²) < 4.78 is 42.0. The average Bonchev–Trinajstić information content (AvgIpc) is 2.53. The first-order valence-corrected chi connectivity index (χ1v) is 8.72. The molecule has 0 saturated heterocycles. The second-order valence-electron chi connectivity index (χ2n) is 5.27. The maximum atomic E-state index is 12.4. The van der Waals surface area contributed by atoms with E-state index in [1.54, 1.807) is 50.3 Å². The fraction of sp³-hybridized carbons (Fsp3) is 0.312. The van der Waals surface area contributed by atoms with Gasteiger partial charge in [0.05, 0.1) is 0 Å². The lowest BCUT2D eigenvalue weighted by atomic mass is 10.0. The predicted octanol–water partition coefficient (Wildman–Crippen LogP) is 3.25. The van der Waals surface area contributed by atoms with Crippen molar-refractivity contribution in [3.05, 3.63) is 59.9 Å². The Bertz CT molecular complexity index is 759. The highest BCUT2D eigenvalue weighted by Gasteiger charge is 2.41. The Morgan fingerprint density at radius 1 is 1.33 bits per heavy atom. The molecule has 0 aromatic heterocycles. The number of nitrogens with zero attached hydrogens (tertiary/aromatic N) is 1. The van der Waals surface area contributed by atoms with Crippen LogP contribution >= 0.6 is 0 Å². The van der Waals surface area contributed by atoms with Gasteiger partial charge < -0.3 is 4.74 Å². The van der Waals surface area contributed by atoms with Crippen LogP contribution in [0.25, 0.3) is 0 Å². The Balaban J connectivity index is 2.41. The van der Waals surface area contributed by atoms with E-state index in [2.05, 4.69) is 0 Å². The number of ether oxygens (including phenoxy) is 1. The van der Waals surface area contributed by atoms with Crippen molar-refractivity contribution in [2.75, 3.05) is 0 Å². The van der Waals surface area contributed by atoms with Gasteiger partial charge >= 0.3 is 16.5 Å². The molecule has 1 unspecified atom stereocenters. The Kier molecular flexibility index (Phi) is 5.43. The van der Waals surface area contributed by atoms with E-state index in [1.165, 1.54) is 12.4 Å². The summed E-state index contributed by atoms with van der Waals surface area (Å²) in [6, 6.07) is 6.67. The number of hydrogen-bond donors (Lipinski definition) is 1. The molecular formula is C16H19NO6S. The highest BCUT2D eigenvalue weighted by atomic mass is 32.3. The summed E-state index contributed by atoms with van der Waals surface area (Å²) in [7, 11) is -4.86. The average molecular weight is 353 g/mol. The fourth-order valence-electron chi connectivity index (χ4n) is 2.30. The van der Waals surface area contributed by atoms with Crippen LogP contribution in [-0.4, -0.2) is 24.0 Å². The van der Waals surface area contributed by atoms with Gasteiger partial charge in [0.1, 0.15) is 0 Å². The topological polar surface area (TPSA) is 93.1 Å². The Morgan fingerprint density at radius 2 is 2.00 bits per heavy atom. The fourth-order valence-corrected chi connectivity index (χ4v) is 2.89. The number of aryl methyl sites for hydroxylation is 1. The molecule has 0 fully saturated rings. The van der Waals surface area contributed by atoms with Crippen molar-refractivity contribution in [1.29, 1.82) is 0 Å². The molecule has 1 aliphatic rings. The molecular weight excluding hydrogens is 334 g/mol. The summed E-state index contributed by atoms with van der Waals surface area (Å²) in [6.07, 6.45) is 6.33. The number of rotatable bonds is 5. The number of amides is 1. The molecule has 24 heavy (non-hydrogen) atoms. The van der Waals surface area contributed by atoms with Gasteiger partial charge in [-0.25, -0.2) is 4.79 Å². The SMILES string of the molecule is CCC(OC(=O)N1C=CCC=C1)(OS(=O)(=O)O)c1cccc(C)c1. The van der Waals surface area contributed by atoms with Crippen molar-refractivity contribution < 1.29 is 26.7 Å². The minimum Gasteiger partial charge on any atom is -0.410 e. The van der Waals surface area contributed by atoms with Crippen molar-refractivity contribution in [2.45, 2.75) is 32.5 Å². The van der Waals surface area contributed by atoms with Crippen LogP contribution in [0, 0.1) is 6.92 Å². The Hall–Kier alpha value is -2.16. The second kappa shape index (κ2) is 7.16. The van der Waals surface area contributed by atoms with E-state index in [9.17, 15) is 13.2 Å². The van der Waals surface area contributed by atoms with E-state index in [4.69, 9.17) is 13.5 Å². The predicted molar refractivity (Wildman–Crippen MR) is 87.0 cm³/mol. The van der Waals surface area contributed by atoms with E-state index in [1.807, 2.05) is 0 Å². The lowest BCUT2D eigenvalue weighted by molar-refractivity contribution is -0.155. The highest BCUT2D eigenvalue weighted by molar-refractivity contribution is 7.80. The molecule has 7 nitrogen and oxygen atoms in total. The molecule has 0 radical (unpaired) electrons. The summed E-state index contributed by atoms with van der Waals surface area (Å²) in [6.45, 7) is 3.39. The van der Waals surface area contributed by atoms with Gasteiger partial charge in [-0.05, 0) is 19.4 Å². The first-order chi connectivity index (χ1) is 11.3. The number of benzene rings is 1. The smallest absolute Gasteiger partial charge is 0.410 e. The summed E-state index contributed by atoms with van der Waals surface area (Å²) >= 11 is 0. The van der Waals surface area contributed by atoms with Crippen molar-refractivity contribution >= 4 is 16.5 Å². The molecule has 0 spiro atoms. The van der Waals surface area contributed by atoms with Crippen LogP contribution in [-0.2, 0) is 25.1 Å². The van der Waals surface area contributed by atoms with E-state index >= 15 is 0 Å². The molecule has 0 saturated carbocycles. The number of carbonyl (C=O) groups is 1. The third-order valence-electron chi connectivity index (χ3n) is 3.43. The molecule has 1 atom stereocenters. The van der Waals surface area contributed by atoms with E-state index in [0.29, 0.717) is 12.0 Å². The molecule has 1 amide bonds. The quantitative estimate of drug-likeness (QED) is 0.645. The van der Waals surface area contributed by atoms with Gasteiger partial charge in [0.2, 0.25) is 0 Å². The van der Waals surface area contributed by atoms with Crippen LogP contribution < -0.4 is 0 Å². The lowest BCUT2D eigenvalue weighted by Crippen LogP contribution is -2.40.